The maximum Gasteiger partial charge on any atom is 0.238 e. The van der Waals surface area contributed by atoms with Crippen molar-refractivity contribution in [2.45, 2.75) is 0 Å². The third kappa shape index (κ3) is 6.68. The van der Waals surface area contributed by atoms with Gasteiger partial charge in [0, 0.05) is 62.2 Å². The molecule has 0 saturated heterocycles. The van der Waals surface area contributed by atoms with Crippen LogP contribution in [0.15, 0.2) is 231 Å². The van der Waals surface area contributed by atoms with Crippen molar-refractivity contribution in [2.24, 2.45) is 0 Å². The van der Waals surface area contributed by atoms with Crippen LogP contribution in [-0.2, 0) is 0 Å². The standard InChI is InChI=1S/C63H38N4S2/c1-3-13-39(14-4-1)41-25-29-43(30-26-41)61-64-62(44-31-27-42(28-32-44)40-15-5-2-6-16-40)66-63(65-61)67-55-35-33-45(47-19-11-21-51-49-17-7-9-23-57(49)68-59(47)51)37-53(55)54-38-46(34-36-56(54)67)48-20-12-22-52-50-18-8-10-24-58(50)69-60(48)52/h1-38H. The molecule has 10 aromatic carbocycles. The summed E-state index contributed by atoms with van der Waals surface area (Å²) in [6, 6.07) is 82.7. The van der Waals surface area contributed by atoms with Crippen LogP contribution in [0.5, 0.6) is 0 Å². The van der Waals surface area contributed by atoms with Crippen molar-refractivity contribution in [3.05, 3.63) is 231 Å². The van der Waals surface area contributed by atoms with Crippen LogP contribution in [0.3, 0.4) is 0 Å². The molecule has 4 aromatic heterocycles. The molecule has 0 unspecified atom stereocenters. The molecular formula is C63H38N4S2. The predicted octanol–water partition coefficient (Wildman–Crippen LogP) is 17.7. The molecule has 0 radical (unpaired) electrons. The Labute approximate surface area is 405 Å². The van der Waals surface area contributed by atoms with Gasteiger partial charge in [0.1, 0.15) is 0 Å². The van der Waals surface area contributed by atoms with Gasteiger partial charge in [0.05, 0.1) is 11.0 Å². The molecule has 0 spiro atoms. The maximum absolute atomic E-state index is 5.38. The molecule has 0 saturated carbocycles. The number of hydrogen-bond donors (Lipinski definition) is 0. The number of nitrogens with zero attached hydrogens (tertiary/aromatic N) is 4. The van der Waals surface area contributed by atoms with Gasteiger partial charge in [-0.25, -0.2) is 4.98 Å². The molecule has 6 heteroatoms. The SMILES string of the molecule is c1ccc(-c2ccc(-c3nc(-c4ccc(-c5ccccc5)cc4)nc(-n4c5ccc(-c6cccc7c6sc6ccccc67)cc5c5cc(-c6cccc7c6sc6ccccc67)ccc54)n3)cc2)cc1. The van der Waals surface area contributed by atoms with Crippen LogP contribution in [0.25, 0.3) is 135 Å². The van der Waals surface area contributed by atoms with Gasteiger partial charge >= 0.3 is 0 Å². The van der Waals surface area contributed by atoms with E-state index < -0.39 is 0 Å². The minimum Gasteiger partial charge on any atom is -0.278 e. The average Bonchev–Trinajstić information content (AvgIpc) is 4.11. The smallest absolute Gasteiger partial charge is 0.238 e. The Morgan fingerprint density at radius 3 is 1.12 bits per heavy atom. The lowest BCUT2D eigenvalue weighted by atomic mass is 9.98. The molecule has 69 heavy (non-hydrogen) atoms. The van der Waals surface area contributed by atoms with Gasteiger partial charge in [0.2, 0.25) is 5.95 Å². The molecule has 0 N–H and O–H groups in total. The summed E-state index contributed by atoms with van der Waals surface area (Å²) in [5.41, 5.74) is 13.3. The Morgan fingerprint density at radius 1 is 0.275 bits per heavy atom. The van der Waals surface area contributed by atoms with E-state index in [4.69, 9.17) is 15.0 Å². The first-order valence-electron chi connectivity index (χ1n) is 23.2. The molecule has 0 aliphatic carbocycles. The van der Waals surface area contributed by atoms with Gasteiger partial charge in [-0.3, -0.25) is 4.57 Å². The van der Waals surface area contributed by atoms with Crippen LogP contribution in [-0.4, -0.2) is 19.5 Å². The van der Waals surface area contributed by atoms with Crippen LogP contribution < -0.4 is 0 Å². The third-order valence-electron chi connectivity index (χ3n) is 13.5. The van der Waals surface area contributed by atoms with Crippen LogP contribution in [0.4, 0.5) is 0 Å². The first kappa shape index (κ1) is 39.6. The number of thiophene rings is 2. The van der Waals surface area contributed by atoms with Crippen molar-refractivity contribution in [2.75, 3.05) is 0 Å². The number of aromatic nitrogens is 4. The van der Waals surface area contributed by atoms with Crippen LogP contribution in [0, 0.1) is 0 Å². The van der Waals surface area contributed by atoms with E-state index >= 15 is 0 Å². The van der Waals surface area contributed by atoms with Crippen molar-refractivity contribution < 1.29 is 0 Å². The molecule has 4 heterocycles. The average molecular weight is 915 g/mol. The quantitative estimate of drug-likeness (QED) is 0.160. The molecule has 0 aliphatic rings. The van der Waals surface area contributed by atoms with Crippen LogP contribution >= 0.6 is 22.7 Å². The van der Waals surface area contributed by atoms with Gasteiger partial charge in [0.25, 0.3) is 0 Å². The van der Waals surface area contributed by atoms with Crippen LogP contribution in [0.1, 0.15) is 0 Å². The molecule has 0 aliphatic heterocycles. The zero-order valence-electron chi connectivity index (χ0n) is 37.0. The fourth-order valence-electron chi connectivity index (χ4n) is 10.1. The second-order valence-electron chi connectivity index (χ2n) is 17.5. The Kier molecular flexibility index (Phi) is 9.22. The topological polar surface area (TPSA) is 43.6 Å². The monoisotopic (exact) mass is 914 g/mol. The van der Waals surface area contributed by atoms with Gasteiger partial charge in [-0.2, -0.15) is 9.97 Å². The molecule has 14 rings (SSSR count). The Hall–Kier alpha value is -8.55. The Balaban J connectivity index is 0.998. The van der Waals surface area contributed by atoms with Crippen molar-refractivity contribution in [1.29, 1.82) is 0 Å². The van der Waals surface area contributed by atoms with Gasteiger partial charge < -0.3 is 0 Å². The lowest BCUT2D eigenvalue weighted by Crippen LogP contribution is -2.06. The largest absolute Gasteiger partial charge is 0.278 e. The summed E-state index contributed by atoms with van der Waals surface area (Å²) in [5.74, 6) is 1.78. The number of fused-ring (bicyclic) bond motifs is 9. The van der Waals surface area contributed by atoms with Crippen molar-refractivity contribution in [1.82, 2.24) is 19.5 Å². The first-order chi connectivity index (χ1) is 34.2. The van der Waals surface area contributed by atoms with E-state index in [1.807, 2.05) is 34.8 Å². The highest BCUT2D eigenvalue weighted by atomic mass is 32.1. The maximum atomic E-state index is 5.38. The van der Waals surface area contributed by atoms with E-state index in [1.54, 1.807) is 0 Å². The minimum absolute atomic E-state index is 0.563. The molecular weight excluding hydrogens is 877 g/mol. The second kappa shape index (κ2) is 16.1. The van der Waals surface area contributed by atoms with E-state index in [1.165, 1.54) is 62.6 Å². The van der Waals surface area contributed by atoms with E-state index in [2.05, 4.69) is 223 Å². The second-order valence-corrected chi connectivity index (χ2v) is 19.6. The summed E-state index contributed by atoms with van der Waals surface area (Å²) in [6.07, 6.45) is 0. The number of benzene rings is 10. The van der Waals surface area contributed by atoms with E-state index in [9.17, 15) is 0 Å². The molecule has 14 aromatic rings. The normalized spacial score (nSPS) is 11.8. The van der Waals surface area contributed by atoms with Crippen LogP contribution in [0.2, 0.25) is 0 Å². The van der Waals surface area contributed by atoms with Crippen molar-refractivity contribution >= 4 is 84.8 Å². The van der Waals surface area contributed by atoms with E-state index in [0.717, 1.165) is 55.2 Å². The van der Waals surface area contributed by atoms with Gasteiger partial charge in [-0.05, 0) is 80.9 Å². The molecule has 0 atom stereocenters. The lowest BCUT2D eigenvalue weighted by molar-refractivity contribution is 0.953. The van der Waals surface area contributed by atoms with Crippen molar-refractivity contribution in [3.8, 4) is 73.2 Å². The fourth-order valence-corrected chi connectivity index (χ4v) is 12.6. The summed E-state index contributed by atoms with van der Waals surface area (Å²) in [7, 11) is 0. The molecule has 0 amide bonds. The van der Waals surface area contributed by atoms with Gasteiger partial charge in [-0.1, -0.05) is 194 Å². The minimum atomic E-state index is 0.563. The predicted molar refractivity (Wildman–Crippen MR) is 293 cm³/mol. The molecule has 0 fully saturated rings. The summed E-state index contributed by atoms with van der Waals surface area (Å²) in [6.45, 7) is 0. The Morgan fingerprint density at radius 2 is 0.652 bits per heavy atom. The zero-order chi connectivity index (χ0) is 45.4. The lowest BCUT2D eigenvalue weighted by Gasteiger charge is -2.12. The molecule has 4 nitrogen and oxygen atoms in total. The highest BCUT2D eigenvalue weighted by Crippen LogP contribution is 2.44. The first-order valence-corrected chi connectivity index (χ1v) is 24.8. The summed E-state index contributed by atoms with van der Waals surface area (Å²) < 4.78 is 7.42. The summed E-state index contributed by atoms with van der Waals surface area (Å²) in [5, 5.41) is 7.43. The highest BCUT2D eigenvalue weighted by Gasteiger charge is 2.21. The molecule has 0 bridgehead atoms. The number of rotatable bonds is 7. The molecule has 322 valence electrons. The summed E-state index contributed by atoms with van der Waals surface area (Å²) in [4.78, 5) is 16.0. The zero-order valence-corrected chi connectivity index (χ0v) is 38.7. The van der Waals surface area contributed by atoms with Gasteiger partial charge in [-0.15, -0.1) is 22.7 Å². The fraction of sp³-hybridized carbons (Fsp3) is 0. The van der Waals surface area contributed by atoms with E-state index in [0.29, 0.717) is 17.6 Å². The Bertz CT molecular complexity index is 4010. The van der Waals surface area contributed by atoms with Gasteiger partial charge in [0.15, 0.2) is 11.6 Å². The third-order valence-corrected chi connectivity index (χ3v) is 16.0. The highest BCUT2D eigenvalue weighted by molar-refractivity contribution is 7.26. The summed E-state index contributed by atoms with van der Waals surface area (Å²) >= 11 is 3.73. The van der Waals surface area contributed by atoms with Crippen molar-refractivity contribution in [3.63, 3.8) is 0 Å². The number of hydrogen-bond acceptors (Lipinski definition) is 5. The van der Waals surface area contributed by atoms with E-state index in [-0.39, 0.29) is 0 Å².